The van der Waals surface area contributed by atoms with Crippen molar-refractivity contribution < 1.29 is 15.0 Å². The molecule has 4 nitrogen and oxygen atoms in total. The van der Waals surface area contributed by atoms with Gasteiger partial charge in [-0.25, -0.2) is 0 Å². The molecule has 1 fully saturated rings. The number of benzene rings is 1. The maximum absolute atomic E-state index is 12.0. The van der Waals surface area contributed by atoms with Crippen molar-refractivity contribution in [3.05, 3.63) is 42.1 Å². The standard InChI is InChI=1S/C18H25NO3/c1-13(18(22)15-8-5-9-16(20)12-15)19-11-10-17(21)14-6-3-2-4-7-14/h5,8-14,18-20,22H,2-4,6-7H2,1H3/b11-10+. The van der Waals surface area contributed by atoms with E-state index in [0.717, 1.165) is 25.7 Å². The van der Waals surface area contributed by atoms with E-state index in [-0.39, 0.29) is 23.5 Å². The Morgan fingerprint density at radius 1 is 1.32 bits per heavy atom. The number of aliphatic hydroxyl groups excluding tert-OH is 1. The van der Waals surface area contributed by atoms with Crippen molar-refractivity contribution in [2.24, 2.45) is 5.92 Å². The van der Waals surface area contributed by atoms with Crippen molar-refractivity contribution in [3.8, 4) is 5.75 Å². The molecule has 1 saturated carbocycles. The van der Waals surface area contributed by atoms with E-state index in [2.05, 4.69) is 5.32 Å². The Bertz CT molecular complexity index is 521. The second kappa shape index (κ2) is 7.99. The third kappa shape index (κ3) is 4.60. The summed E-state index contributed by atoms with van der Waals surface area (Å²) in [4.78, 5) is 12.0. The van der Waals surface area contributed by atoms with E-state index in [1.54, 1.807) is 36.5 Å². The van der Waals surface area contributed by atoms with Gasteiger partial charge in [-0.3, -0.25) is 4.79 Å². The highest BCUT2D eigenvalue weighted by molar-refractivity contribution is 5.91. The molecule has 1 aromatic rings. The summed E-state index contributed by atoms with van der Waals surface area (Å²) in [5.41, 5.74) is 0.645. The molecule has 1 aromatic carbocycles. The first kappa shape index (κ1) is 16.6. The fraction of sp³-hybridized carbons (Fsp3) is 0.500. The van der Waals surface area contributed by atoms with Gasteiger partial charge in [-0.2, -0.15) is 0 Å². The molecule has 2 unspecified atom stereocenters. The summed E-state index contributed by atoms with van der Waals surface area (Å²) >= 11 is 0. The van der Waals surface area contributed by atoms with Gasteiger partial charge in [0, 0.05) is 12.1 Å². The van der Waals surface area contributed by atoms with Crippen LogP contribution in [0.1, 0.15) is 50.7 Å². The van der Waals surface area contributed by atoms with Gasteiger partial charge in [0.1, 0.15) is 5.75 Å². The molecular weight excluding hydrogens is 278 g/mol. The van der Waals surface area contributed by atoms with Crippen LogP contribution in [0.5, 0.6) is 5.75 Å². The Morgan fingerprint density at radius 3 is 2.73 bits per heavy atom. The number of carbonyl (C=O) groups is 1. The molecule has 0 heterocycles. The summed E-state index contributed by atoms with van der Waals surface area (Å²) in [5, 5.41) is 22.7. The molecule has 120 valence electrons. The SMILES string of the molecule is CC(N/C=C/C(=O)C1CCCCC1)C(O)c1cccc(O)c1. The van der Waals surface area contributed by atoms with Crippen molar-refractivity contribution in [2.45, 2.75) is 51.2 Å². The molecule has 0 aliphatic heterocycles. The molecule has 1 aliphatic carbocycles. The van der Waals surface area contributed by atoms with Crippen molar-refractivity contribution >= 4 is 5.78 Å². The maximum atomic E-state index is 12.0. The van der Waals surface area contributed by atoms with Gasteiger partial charge in [0.15, 0.2) is 5.78 Å². The lowest BCUT2D eigenvalue weighted by Gasteiger charge is -2.20. The van der Waals surface area contributed by atoms with E-state index in [4.69, 9.17) is 0 Å². The van der Waals surface area contributed by atoms with Gasteiger partial charge in [0.2, 0.25) is 0 Å². The Balaban J connectivity index is 1.84. The number of phenolic OH excluding ortho intramolecular Hbond substituents is 1. The average Bonchev–Trinajstić information content (AvgIpc) is 2.54. The van der Waals surface area contributed by atoms with Crippen LogP contribution in [-0.4, -0.2) is 22.0 Å². The predicted molar refractivity (Wildman–Crippen MR) is 86.4 cm³/mol. The predicted octanol–water partition coefficient (Wildman–Crippen LogP) is 3.07. The number of nitrogens with one attached hydrogen (secondary N) is 1. The number of aliphatic hydroxyl groups is 1. The zero-order chi connectivity index (χ0) is 15.9. The number of allylic oxidation sites excluding steroid dienone is 1. The minimum absolute atomic E-state index is 0.131. The highest BCUT2D eigenvalue weighted by atomic mass is 16.3. The van der Waals surface area contributed by atoms with E-state index in [1.807, 2.05) is 6.92 Å². The van der Waals surface area contributed by atoms with Crippen molar-refractivity contribution in [1.82, 2.24) is 5.32 Å². The lowest BCUT2D eigenvalue weighted by Crippen LogP contribution is -2.28. The third-order valence-corrected chi connectivity index (χ3v) is 4.30. The summed E-state index contributed by atoms with van der Waals surface area (Å²) in [7, 11) is 0. The molecule has 0 spiro atoms. The van der Waals surface area contributed by atoms with Gasteiger partial charge in [-0.05, 0) is 43.5 Å². The third-order valence-electron chi connectivity index (χ3n) is 4.30. The van der Waals surface area contributed by atoms with Crippen LogP contribution in [0, 0.1) is 5.92 Å². The number of ketones is 1. The number of hydrogen-bond donors (Lipinski definition) is 3. The van der Waals surface area contributed by atoms with Crippen LogP contribution in [-0.2, 0) is 4.79 Å². The molecule has 0 radical (unpaired) electrons. The number of rotatable bonds is 6. The van der Waals surface area contributed by atoms with Gasteiger partial charge < -0.3 is 15.5 Å². The molecule has 0 amide bonds. The van der Waals surface area contributed by atoms with E-state index in [1.165, 1.54) is 6.42 Å². The largest absolute Gasteiger partial charge is 0.508 e. The Hall–Kier alpha value is -1.81. The van der Waals surface area contributed by atoms with Crippen molar-refractivity contribution in [2.75, 3.05) is 0 Å². The van der Waals surface area contributed by atoms with E-state index in [9.17, 15) is 15.0 Å². The average molecular weight is 303 g/mol. The van der Waals surface area contributed by atoms with Gasteiger partial charge in [0.05, 0.1) is 12.1 Å². The number of hydrogen-bond acceptors (Lipinski definition) is 4. The molecule has 2 rings (SSSR count). The summed E-state index contributed by atoms with van der Waals surface area (Å²) in [6.07, 6.45) is 7.97. The summed E-state index contributed by atoms with van der Waals surface area (Å²) < 4.78 is 0. The minimum Gasteiger partial charge on any atom is -0.508 e. The fourth-order valence-electron chi connectivity index (χ4n) is 2.89. The highest BCUT2D eigenvalue weighted by Crippen LogP contribution is 2.24. The molecule has 0 bridgehead atoms. The number of carbonyl (C=O) groups excluding carboxylic acids is 1. The Kier molecular flexibility index (Phi) is 6.01. The number of aromatic hydroxyl groups is 1. The van der Waals surface area contributed by atoms with Crippen LogP contribution in [0.4, 0.5) is 0 Å². The number of phenols is 1. The van der Waals surface area contributed by atoms with Gasteiger partial charge in [-0.1, -0.05) is 31.4 Å². The zero-order valence-corrected chi connectivity index (χ0v) is 13.0. The van der Waals surface area contributed by atoms with Crippen LogP contribution in [0.3, 0.4) is 0 Å². The molecule has 22 heavy (non-hydrogen) atoms. The summed E-state index contributed by atoms with van der Waals surface area (Å²) in [6.45, 7) is 1.84. The quantitative estimate of drug-likeness (QED) is 0.706. The molecule has 4 heteroatoms. The van der Waals surface area contributed by atoms with Crippen LogP contribution < -0.4 is 5.32 Å². The first-order valence-electron chi connectivity index (χ1n) is 8.01. The second-order valence-electron chi connectivity index (χ2n) is 6.07. The Morgan fingerprint density at radius 2 is 2.05 bits per heavy atom. The van der Waals surface area contributed by atoms with Crippen molar-refractivity contribution in [3.63, 3.8) is 0 Å². The maximum Gasteiger partial charge on any atom is 0.160 e. The fourth-order valence-corrected chi connectivity index (χ4v) is 2.89. The van der Waals surface area contributed by atoms with E-state index >= 15 is 0 Å². The summed E-state index contributed by atoms with van der Waals surface area (Å²) in [5.74, 6) is 0.469. The lowest BCUT2D eigenvalue weighted by atomic mass is 9.86. The van der Waals surface area contributed by atoms with Crippen molar-refractivity contribution in [1.29, 1.82) is 0 Å². The smallest absolute Gasteiger partial charge is 0.160 e. The monoisotopic (exact) mass is 303 g/mol. The van der Waals surface area contributed by atoms with Crippen LogP contribution in [0.25, 0.3) is 0 Å². The topological polar surface area (TPSA) is 69.6 Å². The molecule has 0 aromatic heterocycles. The molecule has 3 N–H and O–H groups in total. The first-order valence-corrected chi connectivity index (χ1v) is 8.01. The minimum atomic E-state index is -0.749. The normalized spacial score (nSPS) is 19.0. The molecule has 1 aliphatic rings. The molecule has 0 saturated heterocycles. The second-order valence-corrected chi connectivity index (χ2v) is 6.07. The molecular formula is C18H25NO3. The van der Waals surface area contributed by atoms with E-state index in [0.29, 0.717) is 5.56 Å². The van der Waals surface area contributed by atoms with Crippen LogP contribution in [0.2, 0.25) is 0 Å². The van der Waals surface area contributed by atoms with Gasteiger partial charge in [-0.15, -0.1) is 0 Å². The zero-order valence-electron chi connectivity index (χ0n) is 13.0. The Labute approximate surface area is 131 Å². The van der Waals surface area contributed by atoms with Crippen LogP contribution in [0.15, 0.2) is 36.5 Å². The highest BCUT2D eigenvalue weighted by Gasteiger charge is 2.19. The van der Waals surface area contributed by atoms with E-state index < -0.39 is 6.10 Å². The first-order chi connectivity index (χ1) is 10.6. The molecule has 2 atom stereocenters. The van der Waals surface area contributed by atoms with Gasteiger partial charge in [0.25, 0.3) is 0 Å². The summed E-state index contributed by atoms with van der Waals surface area (Å²) in [6, 6.07) is 6.32. The lowest BCUT2D eigenvalue weighted by molar-refractivity contribution is -0.119. The van der Waals surface area contributed by atoms with Crippen LogP contribution >= 0.6 is 0 Å². The van der Waals surface area contributed by atoms with Gasteiger partial charge >= 0.3 is 0 Å².